The molecule has 1 saturated carbocycles. The van der Waals surface area contributed by atoms with E-state index in [1.807, 2.05) is 11.3 Å². The molecule has 1 aliphatic heterocycles. The molecular formula is C17H21N3S. The molecule has 3 heterocycles. The molecule has 1 N–H and O–H groups in total. The van der Waals surface area contributed by atoms with Gasteiger partial charge in [0.05, 0.1) is 0 Å². The summed E-state index contributed by atoms with van der Waals surface area (Å²) in [6.45, 7) is 5.19. The summed E-state index contributed by atoms with van der Waals surface area (Å²) in [5.74, 6) is 0. The van der Waals surface area contributed by atoms with Crippen molar-refractivity contribution in [2.75, 3.05) is 11.4 Å². The van der Waals surface area contributed by atoms with Gasteiger partial charge in [0.2, 0.25) is 0 Å². The first-order chi connectivity index (χ1) is 10.3. The molecule has 0 aromatic carbocycles. The van der Waals surface area contributed by atoms with E-state index in [2.05, 4.69) is 45.8 Å². The molecule has 2 aliphatic rings. The molecule has 0 radical (unpaired) electrons. The van der Waals surface area contributed by atoms with E-state index >= 15 is 0 Å². The zero-order valence-electron chi connectivity index (χ0n) is 12.4. The molecule has 1 aliphatic carbocycles. The van der Waals surface area contributed by atoms with Crippen LogP contribution in [0.5, 0.6) is 0 Å². The molecule has 0 atom stereocenters. The van der Waals surface area contributed by atoms with Gasteiger partial charge in [-0.2, -0.15) is 0 Å². The second-order valence-corrected chi connectivity index (χ2v) is 7.15. The molecule has 0 spiro atoms. The number of anilines is 1. The van der Waals surface area contributed by atoms with E-state index in [-0.39, 0.29) is 0 Å². The van der Waals surface area contributed by atoms with E-state index < -0.39 is 0 Å². The second kappa shape index (κ2) is 5.43. The summed E-state index contributed by atoms with van der Waals surface area (Å²) in [6, 6.07) is 5.27. The van der Waals surface area contributed by atoms with E-state index in [1.54, 1.807) is 4.88 Å². The Morgan fingerprint density at radius 3 is 3.19 bits per heavy atom. The largest absolute Gasteiger partial charge is 0.366 e. The first-order valence-corrected chi connectivity index (χ1v) is 8.66. The Labute approximate surface area is 130 Å². The third-order valence-corrected chi connectivity index (χ3v) is 5.43. The van der Waals surface area contributed by atoms with Crippen molar-refractivity contribution < 1.29 is 0 Å². The quantitative estimate of drug-likeness (QED) is 0.939. The lowest BCUT2D eigenvalue weighted by Gasteiger charge is -2.31. The lowest BCUT2D eigenvalue weighted by molar-refractivity contribution is 0.674. The molecule has 0 saturated heterocycles. The molecule has 2 aromatic heterocycles. The van der Waals surface area contributed by atoms with Crippen LogP contribution in [0.15, 0.2) is 23.7 Å². The Bertz CT molecular complexity index is 645. The highest BCUT2D eigenvalue weighted by Crippen LogP contribution is 2.30. The predicted molar refractivity (Wildman–Crippen MR) is 87.9 cm³/mol. The fourth-order valence-corrected chi connectivity index (χ4v) is 3.89. The standard InChI is InChI=1S/C17H21N3S/c1-12-8-16(14(9-18-12)10-19-15-2-3-15)20-6-4-17-13(11-20)5-7-21-17/h5,7-9,15,19H,2-4,6,10-11H2,1H3. The van der Waals surface area contributed by atoms with E-state index in [0.717, 1.165) is 31.4 Å². The van der Waals surface area contributed by atoms with E-state index in [1.165, 1.54) is 36.1 Å². The average molecular weight is 299 g/mol. The summed E-state index contributed by atoms with van der Waals surface area (Å²) in [4.78, 5) is 8.59. The number of pyridine rings is 1. The molecule has 1 fully saturated rings. The molecule has 4 heteroatoms. The van der Waals surface area contributed by atoms with Crippen molar-refractivity contribution in [1.29, 1.82) is 0 Å². The van der Waals surface area contributed by atoms with Gasteiger partial charge in [-0.25, -0.2) is 0 Å². The topological polar surface area (TPSA) is 28.2 Å². The second-order valence-electron chi connectivity index (χ2n) is 6.15. The van der Waals surface area contributed by atoms with E-state index in [0.29, 0.717) is 0 Å². The smallest absolute Gasteiger partial charge is 0.0448 e. The molecule has 4 rings (SSSR count). The fraction of sp³-hybridized carbons (Fsp3) is 0.471. The van der Waals surface area contributed by atoms with Crippen LogP contribution >= 0.6 is 11.3 Å². The highest BCUT2D eigenvalue weighted by molar-refractivity contribution is 7.10. The summed E-state index contributed by atoms with van der Waals surface area (Å²) in [6.07, 6.45) is 5.89. The van der Waals surface area contributed by atoms with Crippen molar-refractivity contribution >= 4 is 17.0 Å². The summed E-state index contributed by atoms with van der Waals surface area (Å²) in [7, 11) is 0. The number of aryl methyl sites for hydroxylation is 1. The minimum atomic E-state index is 0.740. The number of rotatable bonds is 4. The average Bonchev–Trinajstić information content (AvgIpc) is 3.21. The zero-order chi connectivity index (χ0) is 14.2. The maximum atomic E-state index is 4.50. The van der Waals surface area contributed by atoms with Crippen LogP contribution in [0.3, 0.4) is 0 Å². The van der Waals surface area contributed by atoms with Crippen molar-refractivity contribution in [3.05, 3.63) is 45.4 Å². The van der Waals surface area contributed by atoms with E-state index in [4.69, 9.17) is 0 Å². The van der Waals surface area contributed by atoms with Gasteiger partial charge < -0.3 is 10.2 Å². The van der Waals surface area contributed by atoms with Crippen LogP contribution in [0.25, 0.3) is 0 Å². The van der Waals surface area contributed by atoms with Crippen molar-refractivity contribution in [2.24, 2.45) is 0 Å². The molecule has 0 bridgehead atoms. The number of aromatic nitrogens is 1. The minimum absolute atomic E-state index is 0.740. The first-order valence-electron chi connectivity index (χ1n) is 7.79. The zero-order valence-corrected chi connectivity index (χ0v) is 13.2. The van der Waals surface area contributed by atoms with Crippen LogP contribution in [-0.2, 0) is 19.5 Å². The van der Waals surface area contributed by atoms with Gasteiger partial charge in [-0.05, 0) is 49.3 Å². The number of nitrogens with zero attached hydrogens (tertiary/aromatic N) is 2. The van der Waals surface area contributed by atoms with Gasteiger partial charge >= 0.3 is 0 Å². The van der Waals surface area contributed by atoms with Gasteiger partial charge in [-0.1, -0.05) is 0 Å². The molecular weight excluding hydrogens is 278 g/mol. The number of nitrogens with one attached hydrogen (secondary N) is 1. The van der Waals surface area contributed by atoms with Crippen molar-refractivity contribution in [3.63, 3.8) is 0 Å². The van der Waals surface area contributed by atoms with Gasteiger partial charge in [0.25, 0.3) is 0 Å². The Balaban J connectivity index is 1.59. The first kappa shape index (κ1) is 13.3. The van der Waals surface area contributed by atoms with Crippen molar-refractivity contribution in [1.82, 2.24) is 10.3 Å². The van der Waals surface area contributed by atoms with Crippen molar-refractivity contribution in [2.45, 2.75) is 45.3 Å². The van der Waals surface area contributed by atoms with Gasteiger partial charge in [0.15, 0.2) is 0 Å². The van der Waals surface area contributed by atoms with Gasteiger partial charge in [-0.3, -0.25) is 4.98 Å². The molecule has 21 heavy (non-hydrogen) atoms. The third kappa shape index (κ3) is 2.83. The molecule has 110 valence electrons. The summed E-state index contributed by atoms with van der Waals surface area (Å²) >= 11 is 1.90. The monoisotopic (exact) mass is 299 g/mol. The highest BCUT2D eigenvalue weighted by Gasteiger charge is 2.23. The molecule has 0 amide bonds. The van der Waals surface area contributed by atoms with Gasteiger partial charge in [0, 0.05) is 53.7 Å². The van der Waals surface area contributed by atoms with Crippen LogP contribution in [-0.4, -0.2) is 17.6 Å². The van der Waals surface area contributed by atoms with Crippen molar-refractivity contribution in [3.8, 4) is 0 Å². The Kier molecular flexibility index (Phi) is 3.43. The lowest BCUT2D eigenvalue weighted by Crippen LogP contribution is -2.31. The highest BCUT2D eigenvalue weighted by atomic mass is 32.1. The maximum Gasteiger partial charge on any atom is 0.0448 e. The normalized spacial score (nSPS) is 17.9. The van der Waals surface area contributed by atoms with Crippen LogP contribution < -0.4 is 10.2 Å². The summed E-state index contributed by atoms with van der Waals surface area (Å²) < 4.78 is 0. The van der Waals surface area contributed by atoms with Crippen LogP contribution in [0.1, 0.15) is 34.5 Å². The Hall–Kier alpha value is -1.39. The Morgan fingerprint density at radius 1 is 1.43 bits per heavy atom. The van der Waals surface area contributed by atoms with Crippen LogP contribution in [0, 0.1) is 6.92 Å². The summed E-state index contributed by atoms with van der Waals surface area (Å²) in [5.41, 5.74) is 5.32. The number of fused-ring (bicyclic) bond motifs is 1. The number of thiophene rings is 1. The Morgan fingerprint density at radius 2 is 2.33 bits per heavy atom. The number of hydrogen-bond acceptors (Lipinski definition) is 4. The minimum Gasteiger partial charge on any atom is -0.366 e. The van der Waals surface area contributed by atoms with E-state index in [9.17, 15) is 0 Å². The third-order valence-electron chi connectivity index (χ3n) is 4.41. The lowest BCUT2D eigenvalue weighted by atomic mass is 10.1. The fourth-order valence-electron chi connectivity index (χ4n) is 3.00. The molecule has 0 unspecified atom stereocenters. The SMILES string of the molecule is Cc1cc(N2CCc3sccc3C2)c(CNC2CC2)cn1. The maximum absolute atomic E-state index is 4.50. The summed E-state index contributed by atoms with van der Waals surface area (Å²) in [5, 5.41) is 5.85. The van der Waals surface area contributed by atoms with Crippen LogP contribution in [0.4, 0.5) is 5.69 Å². The van der Waals surface area contributed by atoms with Gasteiger partial charge in [0.1, 0.15) is 0 Å². The number of hydrogen-bond donors (Lipinski definition) is 1. The van der Waals surface area contributed by atoms with Crippen LogP contribution in [0.2, 0.25) is 0 Å². The predicted octanol–water partition coefficient (Wildman–Crippen LogP) is 3.27. The van der Waals surface area contributed by atoms with Gasteiger partial charge in [-0.15, -0.1) is 11.3 Å². The molecule has 2 aromatic rings. The molecule has 3 nitrogen and oxygen atoms in total.